The lowest BCUT2D eigenvalue weighted by Crippen LogP contribution is -2.16. The second-order valence-corrected chi connectivity index (χ2v) is 3.09. The van der Waals surface area contributed by atoms with Crippen LogP contribution in [0.4, 0.5) is 5.69 Å². The molecule has 0 aliphatic heterocycles. The number of rotatable bonds is 5. The van der Waals surface area contributed by atoms with E-state index in [1.54, 1.807) is 31.2 Å². The van der Waals surface area contributed by atoms with Gasteiger partial charge in [0.05, 0.1) is 6.61 Å². The fraction of sp³-hybridized carbons (Fsp3) is 0.167. The first-order valence-corrected chi connectivity index (χ1v) is 5.07. The number of para-hydroxylation sites is 1. The number of hydrogen-bond acceptors (Lipinski definition) is 4. The fourth-order valence-corrected chi connectivity index (χ4v) is 1.11. The summed E-state index contributed by atoms with van der Waals surface area (Å²) < 4.78 is 4.63. The van der Waals surface area contributed by atoms with Gasteiger partial charge in [-0.25, -0.2) is 9.59 Å². The molecule has 0 atom stereocenters. The monoisotopic (exact) mass is 235 g/mol. The normalized spacial score (nSPS) is 10.8. The quantitative estimate of drug-likeness (QED) is 0.351. The minimum atomic E-state index is -1.33. The van der Waals surface area contributed by atoms with Crippen LogP contribution >= 0.6 is 0 Å². The molecule has 0 aliphatic carbocycles. The number of benzene rings is 1. The Hall–Kier alpha value is -2.30. The third-order valence-corrected chi connectivity index (χ3v) is 1.88. The molecule has 0 amide bonds. The first kappa shape index (κ1) is 12.8. The molecule has 5 heteroatoms. The summed E-state index contributed by atoms with van der Waals surface area (Å²) in [5, 5.41) is 11.6. The fourth-order valence-electron chi connectivity index (χ4n) is 1.11. The number of ether oxygens (including phenoxy) is 1. The summed E-state index contributed by atoms with van der Waals surface area (Å²) in [5.41, 5.74) is 0.256. The van der Waals surface area contributed by atoms with Gasteiger partial charge in [0.1, 0.15) is 0 Å². The van der Waals surface area contributed by atoms with Crippen LogP contribution in [-0.4, -0.2) is 23.7 Å². The Morgan fingerprint density at radius 1 is 1.35 bits per heavy atom. The van der Waals surface area contributed by atoms with Crippen LogP contribution in [0.5, 0.6) is 0 Å². The standard InChI is InChI=1S/C12H13NO4/c1-2-17-12(16)10(11(14)15)8-13-9-6-4-3-5-7-9/h3-8,13H,2H2,1H3,(H,14,15)/b10-8-. The van der Waals surface area contributed by atoms with E-state index in [4.69, 9.17) is 5.11 Å². The van der Waals surface area contributed by atoms with Gasteiger partial charge in [-0.15, -0.1) is 0 Å². The summed E-state index contributed by atoms with van der Waals surface area (Å²) in [6.07, 6.45) is 1.12. The summed E-state index contributed by atoms with van der Waals surface area (Å²) >= 11 is 0. The van der Waals surface area contributed by atoms with Gasteiger partial charge in [0.25, 0.3) is 0 Å². The zero-order valence-corrected chi connectivity index (χ0v) is 9.34. The van der Waals surface area contributed by atoms with Crippen molar-refractivity contribution in [2.45, 2.75) is 6.92 Å². The Morgan fingerprint density at radius 2 is 2.00 bits per heavy atom. The molecule has 0 heterocycles. The molecule has 90 valence electrons. The van der Waals surface area contributed by atoms with Gasteiger partial charge in [0, 0.05) is 11.9 Å². The van der Waals surface area contributed by atoms with E-state index in [0.29, 0.717) is 5.69 Å². The van der Waals surface area contributed by atoms with Crippen LogP contribution in [-0.2, 0) is 14.3 Å². The summed E-state index contributed by atoms with van der Waals surface area (Å²) in [5.74, 6) is -2.18. The maximum absolute atomic E-state index is 11.3. The number of esters is 1. The first-order valence-electron chi connectivity index (χ1n) is 5.07. The highest BCUT2D eigenvalue weighted by Gasteiger charge is 2.18. The molecule has 0 spiro atoms. The van der Waals surface area contributed by atoms with E-state index in [1.807, 2.05) is 6.07 Å². The third-order valence-electron chi connectivity index (χ3n) is 1.88. The molecule has 0 aliphatic rings. The van der Waals surface area contributed by atoms with Crippen LogP contribution in [0.3, 0.4) is 0 Å². The molecule has 0 saturated carbocycles. The van der Waals surface area contributed by atoms with Gasteiger partial charge in [-0.1, -0.05) is 18.2 Å². The van der Waals surface area contributed by atoms with Crippen molar-refractivity contribution in [1.82, 2.24) is 0 Å². The Labute approximate surface area is 98.7 Å². The highest BCUT2D eigenvalue weighted by atomic mass is 16.5. The van der Waals surface area contributed by atoms with E-state index >= 15 is 0 Å². The van der Waals surface area contributed by atoms with Crippen molar-refractivity contribution in [2.24, 2.45) is 0 Å². The number of carbonyl (C=O) groups excluding carboxylic acids is 1. The van der Waals surface area contributed by atoms with Gasteiger partial charge >= 0.3 is 11.9 Å². The van der Waals surface area contributed by atoms with Crippen molar-refractivity contribution in [3.8, 4) is 0 Å². The number of carbonyl (C=O) groups is 2. The van der Waals surface area contributed by atoms with Gasteiger partial charge in [-0.05, 0) is 19.1 Å². The molecule has 5 nitrogen and oxygen atoms in total. The Morgan fingerprint density at radius 3 is 2.53 bits per heavy atom. The summed E-state index contributed by atoms with van der Waals surface area (Å²) in [6.45, 7) is 1.75. The van der Waals surface area contributed by atoms with Crippen LogP contribution in [0.1, 0.15) is 6.92 Å². The lowest BCUT2D eigenvalue weighted by atomic mass is 10.3. The van der Waals surface area contributed by atoms with Gasteiger partial charge in [0.15, 0.2) is 5.57 Å². The topological polar surface area (TPSA) is 75.6 Å². The zero-order valence-electron chi connectivity index (χ0n) is 9.34. The molecule has 0 unspecified atom stereocenters. The van der Waals surface area contributed by atoms with Gasteiger partial charge in [-0.3, -0.25) is 0 Å². The van der Waals surface area contributed by atoms with E-state index in [9.17, 15) is 9.59 Å². The maximum Gasteiger partial charge on any atom is 0.347 e. The lowest BCUT2D eigenvalue weighted by molar-refractivity contribution is -0.143. The predicted molar refractivity (Wildman–Crippen MR) is 62.4 cm³/mol. The Bertz CT molecular complexity index is 425. The number of nitrogens with one attached hydrogen (secondary N) is 1. The van der Waals surface area contributed by atoms with Crippen molar-refractivity contribution in [1.29, 1.82) is 0 Å². The molecule has 0 radical (unpaired) electrons. The SMILES string of the molecule is CCOC(=O)/C(=C\Nc1ccccc1)C(=O)O. The Kier molecular flexibility index (Phi) is 4.75. The molecule has 0 aromatic heterocycles. The molecule has 1 aromatic rings. The van der Waals surface area contributed by atoms with Crippen molar-refractivity contribution >= 4 is 17.6 Å². The molecular weight excluding hydrogens is 222 g/mol. The van der Waals surface area contributed by atoms with Crippen LogP contribution in [0, 0.1) is 0 Å². The number of anilines is 1. The molecular formula is C12H13NO4. The summed E-state index contributed by atoms with van der Waals surface area (Å²) in [4.78, 5) is 22.1. The zero-order chi connectivity index (χ0) is 12.7. The number of hydrogen-bond donors (Lipinski definition) is 2. The van der Waals surface area contributed by atoms with Crippen LogP contribution in [0.15, 0.2) is 42.1 Å². The molecule has 2 N–H and O–H groups in total. The molecule has 17 heavy (non-hydrogen) atoms. The second kappa shape index (κ2) is 6.32. The van der Waals surface area contributed by atoms with E-state index in [-0.39, 0.29) is 6.61 Å². The summed E-state index contributed by atoms with van der Waals surface area (Å²) in [6, 6.07) is 8.92. The highest BCUT2D eigenvalue weighted by Crippen LogP contribution is 2.07. The van der Waals surface area contributed by atoms with Gasteiger partial charge < -0.3 is 15.2 Å². The smallest absolute Gasteiger partial charge is 0.347 e. The van der Waals surface area contributed by atoms with Crippen LogP contribution in [0.2, 0.25) is 0 Å². The summed E-state index contributed by atoms with van der Waals surface area (Å²) in [7, 11) is 0. The highest BCUT2D eigenvalue weighted by molar-refractivity contribution is 6.13. The van der Waals surface area contributed by atoms with E-state index in [2.05, 4.69) is 10.1 Å². The second-order valence-electron chi connectivity index (χ2n) is 3.09. The van der Waals surface area contributed by atoms with Crippen LogP contribution in [0.25, 0.3) is 0 Å². The maximum atomic E-state index is 11.3. The predicted octanol–water partition coefficient (Wildman–Crippen LogP) is 1.63. The third kappa shape index (κ3) is 3.98. The van der Waals surface area contributed by atoms with Crippen LogP contribution < -0.4 is 5.32 Å². The Balaban J connectivity index is 2.78. The number of aliphatic carboxylic acids is 1. The minimum absolute atomic E-state index is 0.134. The van der Waals surface area contributed by atoms with Gasteiger partial charge in [0.2, 0.25) is 0 Å². The van der Waals surface area contributed by atoms with Gasteiger partial charge in [-0.2, -0.15) is 0 Å². The largest absolute Gasteiger partial charge is 0.477 e. The average molecular weight is 235 g/mol. The molecule has 0 fully saturated rings. The van der Waals surface area contributed by atoms with Crippen molar-refractivity contribution in [2.75, 3.05) is 11.9 Å². The van der Waals surface area contributed by atoms with Crippen molar-refractivity contribution in [3.63, 3.8) is 0 Å². The molecule has 1 rings (SSSR count). The van der Waals surface area contributed by atoms with Crippen molar-refractivity contribution in [3.05, 3.63) is 42.1 Å². The van der Waals surface area contributed by atoms with Crippen molar-refractivity contribution < 1.29 is 19.4 Å². The molecule has 0 saturated heterocycles. The first-order chi connectivity index (χ1) is 8.15. The lowest BCUT2D eigenvalue weighted by Gasteiger charge is -2.04. The average Bonchev–Trinajstić information content (AvgIpc) is 2.30. The number of carboxylic acid groups (broad SMARTS) is 1. The van der Waals surface area contributed by atoms with E-state index < -0.39 is 17.5 Å². The van der Waals surface area contributed by atoms with E-state index in [0.717, 1.165) is 6.20 Å². The minimum Gasteiger partial charge on any atom is -0.477 e. The molecule has 0 bridgehead atoms. The van der Waals surface area contributed by atoms with E-state index in [1.165, 1.54) is 0 Å². The number of carboxylic acids is 1. The molecule has 1 aromatic carbocycles.